The molecule has 0 radical (unpaired) electrons. The molecule has 3 aliphatic carbocycles. The van der Waals surface area contributed by atoms with Crippen LogP contribution in [0.2, 0.25) is 0 Å². The molecule has 0 amide bonds. The quantitative estimate of drug-likeness (QED) is 0.464. The first-order chi connectivity index (χ1) is 13.6. The highest BCUT2D eigenvalue weighted by molar-refractivity contribution is 5.38. The fourth-order valence-corrected chi connectivity index (χ4v) is 5.54. The third-order valence-corrected chi connectivity index (χ3v) is 7.13. The van der Waals surface area contributed by atoms with Crippen molar-refractivity contribution in [3.8, 4) is 11.8 Å². The summed E-state index contributed by atoms with van der Waals surface area (Å²) in [6.07, 6.45) is 14.9. The van der Waals surface area contributed by atoms with Gasteiger partial charge >= 0.3 is 0 Å². The van der Waals surface area contributed by atoms with Gasteiger partial charge in [0.1, 0.15) is 5.60 Å². The van der Waals surface area contributed by atoms with E-state index in [0.717, 1.165) is 32.1 Å². The number of hydrogen-bond acceptors (Lipinski definition) is 2. The first kappa shape index (κ1) is 22.1. The highest BCUT2D eigenvalue weighted by Gasteiger charge is 2.45. The van der Waals surface area contributed by atoms with E-state index in [1.165, 1.54) is 30.4 Å². The van der Waals surface area contributed by atoms with Crippen LogP contribution < -0.4 is 0 Å². The first-order valence-corrected chi connectivity index (χ1v) is 11.3. The lowest BCUT2D eigenvalue weighted by Crippen LogP contribution is -2.32. The molecule has 29 heavy (non-hydrogen) atoms. The maximum atomic E-state index is 10.0. The molecule has 0 aromatic carbocycles. The van der Waals surface area contributed by atoms with Crippen LogP contribution >= 0.6 is 0 Å². The van der Waals surface area contributed by atoms with Gasteiger partial charge in [-0.25, -0.2) is 0 Å². The summed E-state index contributed by atoms with van der Waals surface area (Å²) in [5.74, 6) is 7.17. The summed E-state index contributed by atoms with van der Waals surface area (Å²) < 4.78 is 0. The minimum absolute atomic E-state index is 0.215. The average molecular weight is 395 g/mol. The van der Waals surface area contributed by atoms with Gasteiger partial charge < -0.3 is 10.2 Å². The van der Waals surface area contributed by atoms with Gasteiger partial charge in [-0.1, -0.05) is 67.2 Å². The molecule has 0 unspecified atom stereocenters. The Morgan fingerprint density at radius 2 is 2.10 bits per heavy atom. The molecular formula is C27H38O2. The minimum Gasteiger partial charge on any atom is -0.393 e. The Morgan fingerprint density at radius 3 is 2.83 bits per heavy atom. The van der Waals surface area contributed by atoms with Crippen molar-refractivity contribution >= 4 is 0 Å². The molecule has 0 spiro atoms. The molecule has 2 N–H and O–H groups in total. The Hall–Kier alpha value is -1.56. The third kappa shape index (κ3) is 5.14. The van der Waals surface area contributed by atoms with Crippen molar-refractivity contribution in [1.82, 2.24) is 0 Å². The second-order valence-corrected chi connectivity index (χ2v) is 10.1. The summed E-state index contributed by atoms with van der Waals surface area (Å²) >= 11 is 0. The van der Waals surface area contributed by atoms with E-state index in [1.807, 2.05) is 0 Å². The van der Waals surface area contributed by atoms with Crippen molar-refractivity contribution in [2.24, 2.45) is 17.3 Å². The highest BCUT2D eigenvalue weighted by Crippen LogP contribution is 2.56. The molecular weight excluding hydrogens is 356 g/mol. The van der Waals surface area contributed by atoms with E-state index in [1.54, 1.807) is 25.0 Å². The van der Waals surface area contributed by atoms with Crippen molar-refractivity contribution in [2.75, 3.05) is 0 Å². The Labute approximate surface area is 177 Å². The Balaban J connectivity index is 1.75. The molecule has 0 aliphatic heterocycles. The van der Waals surface area contributed by atoms with Crippen molar-refractivity contribution in [1.29, 1.82) is 0 Å². The molecule has 4 atom stereocenters. The van der Waals surface area contributed by atoms with E-state index >= 15 is 0 Å². The summed E-state index contributed by atoms with van der Waals surface area (Å²) in [6.45, 7) is 12.4. The van der Waals surface area contributed by atoms with Crippen LogP contribution in [0.3, 0.4) is 0 Å². The van der Waals surface area contributed by atoms with Crippen LogP contribution in [0.25, 0.3) is 0 Å². The van der Waals surface area contributed by atoms with E-state index in [9.17, 15) is 10.2 Å². The zero-order valence-electron chi connectivity index (χ0n) is 18.7. The van der Waals surface area contributed by atoms with Crippen LogP contribution in [0.15, 0.2) is 47.1 Å². The normalized spacial score (nSPS) is 33.9. The predicted molar refractivity (Wildman–Crippen MR) is 121 cm³/mol. The lowest BCUT2D eigenvalue weighted by atomic mass is 9.62. The van der Waals surface area contributed by atoms with Gasteiger partial charge in [-0.15, -0.1) is 0 Å². The van der Waals surface area contributed by atoms with Crippen molar-refractivity contribution in [3.63, 3.8) is 0 Å². The first-order valence-electron chi connectivity index (χ1n) is 11.3. The number of fused-ring (bicyclic) bond motifs is 1. The molecule has 2 fully saturated rings. The SMILES string of the molecule is C=C1CC[C@H](O)C/C1=C/C=C1/CCC[C@]2(C)C([C@H](C)CC#CC(C)(C)O)=CC[C@@H]12. The van der Waals surface area contributed by atoms with Gasteiger partial charge in [0, 0.05) is 6.42 Å². The van der Waals surface area contributed by atoms with E-state index in [0.29, 0.717) is 11.8 Å². The van der Waals surface area contributed by atoms with Gasteiger partial charge in [-0.3, -0.25) is 0 Å². The van der Waals surface area contributed by atoms with E-state index in [-0.39, 0.29) is 11.5 Å². The smallest absolute Gasteiger partial charge is 0.119 e. The number of rotatable bonds is 3. The molecule has 0 aromatic heterocycles. The highest BCUT2D eigenvalue weighted by atomic mass is 16.3. The lowest BCUT2D eigenvalue weighted by Gasteiger charge is -2.42. The fourth-order valence-electron chi connectivity index (χ4n) is 5.54. The largest absolute Gasteiger partial charge is 0.393 e. The van der Waals surface area contributed by atoms with E-state index in [2.05, 4.69) is 50.5 Å². The van der Waals surface area contributed by atoms with Crippen LogP contribution in [0.5, 0.6) is 0 Å². The second kappa shape index (κ2) is 8.66. The van der Waals surface area contributed by atoms with E-state index < -0.39 is 5.60 Å². The van der Waals surface area contributed by atoms with Gasteiger partial charge in [0.25, 0.3) is 0 Å². The number of aliphatic hydroxyl groups is 2. The average Bonchev–Trinajstić information content (AvgIpc) is 2.99. The molecule has 0 bridgehead atoms. The standard InChI is InChI=1S/C27H38O2/c1-19-10-13-23(28)18-22(19)12-11-21-9-7-17-27(5)24(14-15-25(21)27)20(2)8-6-16-26(3,4)29/h11-12,14,20,23,25,28-29H,1,7-10,13,15,17-18H2,2-5H3/b21-11-,22-12-/t20-,23+,25+,27-/m1/s1. The molecule has 2 saturated carbocycles. The molecule has 2 nitrogen and oxygen atoms in total. The van der Waals surface area contributed by atoms with Crippen LogP contribution in [-0.4, -0.2) is 21.9 Å². The molecule has 0 aromatic rings. The zero-order chi connectivity index (χ0) is 21.2. The molecule has 0 saturated heterocycles. The number of aliphatic hydroxyl groups excluding tert-OH is 1. The monoisotopic (exact) mass is 394 g/mol. The third-order valence-electron chi connectivity index (χ3n) is 7.13. The lowest BCUT2D eigenvalue weighted by molar-refractivity contribution is 0.143. The second-order valence-electron chi connectivity index (χ2n) is 10.1. The van der Waals surface area contributed by atoms with Gasteiger partial charge in [0.2, 0.25) is 0 Å². The Morgan fingerprint density at radius 1 is 1.34 bits per heavy atom. The summed E-state index contributed by atoms with van der Waals surface area (Å²) in [7, 11) is 0. The molecule has 3 rings (SSSR count). The predicted octanol–water partition coefficient (Wildman–Crippen LogP) is 5.88. The van der Waals surface area contributed by atoms with Crippen molar-refractivity contribution in [2.45, 2.75) is 90.8 Å². The fraction of sp³-hybridized carbons (Fsp3) is 0.630. The maximum Gasteiger partial charge on any atom is 0.119 e. The number of allylic oxidation sites excluding steroid dienone is 6. The molecule has 2 heteroatoms. The molecule has 158 valence electrons. The zero-order valence-corrected chi connectivity index (χ0v) is 18.7. The molecule has 3 aliphatic rings. The van der Waals surface area contributed by atoms with Gasteiger partial charge in [-0.2, -0.15) is 0 Å². The van der Waals surface area contributed by atoms with E-state index in [4.69, 9.17) is 0 Å². The van der Waals surface area contributed by atoms with Crippen molar-refractivity contribution in [3.05, 3.63) is 47.1 Å². The van der Waals surface area contributed by atoms with Gasteiger partial charge in [-0.05, 0) is 81.6 Å². The van der Waals surface area contributed by atoms with Crippen LogP contribution in [0.1, 0.15) is 79.1 Å². The van der Waals surface area contributed by atoms with Crippen LogP contribution in [-0.2, 0) is 0 Å². The summed E-state index contributed by atoms with van der Waals surface area (Å²) in [4.78, 5) is 0. The topological polar surface area (TPSA) is 40.5 Å². The Bertz CT molecular complexity index is 793. The number of hydrogen-bond donors (Lipinski definition) is 2. The summed E-state index contributed by atoms with van der Waals surface area (Å²) in [5.41, 5.74) is 4.84. The minimum atomic E-state index is -0.916. The molecule has 0 heterocycles. The van der Waals surface area contributed by atoms with Crippen LogP contribution in [0.4, 0.5) is 0 Å². The summed E-state index contributed by atoms with van der Waals surface area (Å²) in [5, 5.41) is 19.9. The maximum absolute atomic E-state index is 10.0. The van der Waals surface area contributed by atoms with Gasteiger partial charge in [0.15, 0.2) is 0 Å². The Kier molecular flexibility index (Phi) is 6.61. The van der Waals surface area contributed by atoms with Gasteiger partial charge in [0.05, 0.1) is 6.10 Å². The van der Waals surface area contributed by atoms with Crippen molar-refractivity contribution < 1.29 is 10.2 Å². The summed E-state index contributed by atoms with van der Waals surface area (Å²) in [6, 6.07) is 0. The van der Waals surface area contributed by atoms with Crippen LogP contribution in [0, 0.1) is 29.1 Å².